The van der Waals surface area contributed by atoms with E-state index in [9.17, 15) is 30.4 Å². The average Bonchev–Trinajstić information content (AvgIpc) is 2.48. The van der Waals surface area contributed by atoms with Crippen molar-refractivity contribution in [2.75, 3.05) is 0 Å². The predicted molar refractivity (Wildman–Crippen MR) is 65.5 cm³/mol. The summed E-state index contributed by atoms with van der Waals surface area (Å²) in [4.78, 5) is -0.583. The maximum atomic E-state index is 13.4. The van der Waals surface area contributed by atoms with E-state index in [2.05, 4.69) is 4.18 Å². The summed E-state index contributed by atoms with van der Waals surface area (Å²) in [6.45, 7) is 0. The van der Waals surface area contributed by atoms with Crippen molar-refractivity contribution in [3.05, 3.63) is 58.4 Å². The van der Waals surface area contributed by atoms with Gasteiger partial charge >= 0.3 is 10.1 Å². The summed E-state index contributed by atoms with van der Waals surface area (Å²) in [5.41, 5.74) is 0. The third-order valence-electron chi connectivity index (χ3n) is 2.46. The molecule has 0 atom stereocenters. The van der Waals surface area contributed by atoms with E-state index < -0.39 is 49.8 Å². The number of halogens is 6. The molecule has 0 aliphatic rings. The van der Waals surface area contributed by atoms with Gasteiger partial charge in [0.1, 0.15) is 4.90 Å². The van der Waals surface area contributed by atoms with Gasteiger partial charge in [-0.3, -0.25) is 0 Å². The molecule has 0 saturated carbocycles. The Morgan fingerprint density at radius 1 is 0.773 bits per heavy atom. The second-order valence-corrected chi connectivity index (χ2v) is 5.87. The zero-order valence-electron chi connectivity index (χ0n) is 10.2. The molecule has 0 N–H and O–H groups in total. The van der Waals surface area contributed by atoms with Gasteiger partial charge in [-0.05, 0) is 24.3 Å². The molecule has 2 aromatic rings. The van der Waals surface area contributed by atoms with Crippen molar-refractivity contribution >= 4 is 21.7 Å². The quantitative estimate of drug-likeness (QED) is 0.363. The number of hydrogen-bond donors (Lipinski definition) is 0. The van der Waals surface area contributed by atoms with E-state index in [1.165, 1.54) is 0 Å². The number of hydrogen-bond acceptors (Lipinski definition) is 3. The molecule has 0 heterocycles. The van der Waals surface area contributed by atoms with Crippen LogP contribution in [0.5, 0.6) is 5.75 Å². The highest BCUT2D eigenvalue weighted by molar-refractivity contribution is 7.87. The first kappa shape index (κ1) is 16.5. The zero-order valence-corrected chi connectivity index (χ0v) is 11.8. The van der Waals surface area contributed by atoms with E-state index in [1.807, 2.05) is 0 Å². The van der Waals surface area contributed by atoms with Crippen LogP contribution in [0.2, 0.25) is 5.02 Å². The van der Waals surface area contributed by atoms with Crippen LogP contribution < -0.4 is 4.18 Å². The molecule has 118 valence electrons. The molecule has 0 aliphatic heterocycles. The van der Waals surface area contributed by atoms with Crippen molar-refractivity contribution < 1.29 is 34.6 Å². The zero-order chi connectivity index (χ0) is 16.7. The van der Waals surface area contributed by atoms with Crippen LogP contribution in [0.4, 0.5) is 22.0 Å². The molecule has 0 amide bonds. The molecule has 0 aromatic heterocycles. The Balaban J connectivity index is 2.53. The van der Waals surface area contributed by atoms with Gasteiger partial charge in [0, 0.05) is 5.02 Å². The first-order chi connectivity index (χ1) is 10.1. The summed E-state index contributed by atoms with van der Waals surface area (Å²) in [6.07, 6.45) is 0. The predicted octanol–water partition coefficient (Wildman–Crippen LogP) is 3.80. The molecule has 0 bridgehead atoms. The highest BCUT2D eigenvalue weighted by Crippen LogP contribution is 2.31. The topological polar surface area (TPSA) is 43.4 Å². The molecular weight excluding hydrogens is 355 g/mol. The van der Waals surface area contributed by atoms with Crippen LogP contribution in [0.15, 0.2) is 29.2 Å². The fraction of sp³-hybridized carbons (Fsp3) is 0. The van der Waals surface area contributed by atoms with Crippen LogP contribution in [-0.2, 0) is 10.1 Å². The molecule has 0 unspecified atom stereocenters. The van der Waals surface area contributed by atoms with Gasteiger partial charge in [-0.25, -0.2) is 13.2 Å². The van der Waals surface area contributed by atoms with E-state index in [0.717, 1.165) is 24.3 Å². The molecular formula is C12H4ClF5O3S. The lowest BCUT2D eigenvalue weighted by atomic mass is 10.3. The Bertz CT molecular complexity index is 808. The van der Waals surface area contributed by atoms with Crippen molar-refractivity contribution in [1.82, 2.24) is 0 Å². The second-order valence-electron chi connectivity index (χ2n) is 3.89. The number of rotatable bonds is 3. The van der Waals surface area contributed by atoms with Crippen LogP contribution in [0.1, 0.15) is 0 Å². The minimum absolute atomic E-state index is 0.162. The van der Waals surface area contributed by atoms with Gasteiger partial charge in [0.05, 0.1) is 0 Å². The van der Waals surface area contributed by atoms with Crippen LogP contribution in [0, 0.1) is 29.1 Å². The number of benzene rings is 2. The summed E-state index contributed by atoms with van der Waals surface area (Å²) >= 11 is 5.53. The van der Waals surface area contributed by atoms with Gasteiger partial charge in [-0.2, -0.15) is 17.2 Å². The second kappa shape index (κ2) is 5.73. The molecule has 0 radical (unpaired) electrons. The molecule has 3 nitrogen and oxygen atoms in total. The Morgan fingerprint density at radius 2 is 1.18 bits per heavy atom. The Morgan fingerprint density at radius 3 is 1.64 bits per heavy atom. The third-order valence-corrected chi connectivity index (χ3v) is 3.95. The van der Waals surface area contributed by atoms with Gasteiger partial charge < -0.3 is 4.18 Å². The lowest BCUT2D eigenvalue weighted by Crippen LogP contribution is -2.14. The maximum Gasteiger partial charge on any atom is 0.339 e. The van der Waals surface area contributed by atoms with Crippen LogP contribution in [0.3, 0.4) is 0 Å². The third kappa shape index (κ3) is 2.86. The fourth-order valence-corrected chi connectivity index (χ4v) is 2.47. The smallest absolute Gasteiger partial charge is 0.339 e. The van der Waals surface area contributed by atoms with Gasteiger partial charge in [-0.1, -0.05) is 11.6 Å². The standard InChI is InChI=1S/C12H4ClF5O3S/c13-5-1-3-6(4-2-5)22(19,20)21-12-10(17)8(15)7(14)9(16)11(12)18/h1-4H. The van der Waals surface area contributed by atoms with Crippen LogP contribution in [0.25, 0.3) is 0 Å². The summed E-state index contributed by atoms with van der Waals surface area (Å²) in [6, 6.07) is 4.14. The fourth-order valence-electron chi connectivity index (χ4n) is 1.42. The normalized spacial score (nSPS) is 11.5. The van der Waals surface area contributed by atoms with Gasteiger partial charge in [0.15, 0.2) is 0 Å². The van der Waals surface area contributed by atoms with Gasteiger partial charge in [-0.15, -0.1) is 0 Å². The molecule has 2 rings (SSSR count). The molecule has 10 heteroatoms. The van der Waals surface area contributed by atoms with Gasteiger partial charge in [0.25, 0.3) is 0 Å². The first-order valence-corrected chi connectivity index (χ1v) is 7.15. The monoisotopic (exact) mass is 358 g/mol. The lowest BCUT2D eigenvalue weighted by molar-refractivity contribution is 0.346. The van der Waals surface area contributed by atoms with Crippen molar-refractivity contribution in [1.29, 1.82) is 0 Å². The summed E-state index contributed by atoms with van der Waals surface area (Å²) in [7, 11) is -4.82. The molecule has 0 aliphatic carbocycles. The average molecular weight is 359 g/mol. The lowest BCUT2D eigenvalue weighted by Gasteiger charge is -2.10. The Kier molecular flexibility index (Phi) is 4.30. The van der Waals surface area contributed by atoms with E-state index in [0.29, 0.717) is 0 Å². The van der Waals surface area contributed by atoms with Crippen molar-refractivity contribution in [2.45, 2.75) is 4.90 Å². The van der Waals surface area contributed by atoms with Crippen LogP contribution in [-0.4, -0.2) is 8.42 Å². The van der Waals surface area contributed by atoms with Gasteiger partial charge in [0.2, 0.25) is 34.8 Å². The Hall–Kier alpha value is -1.87. The van der Waals surface area contributed by atoms with Crippen molar-refractivity contribution in [2.24, 2.45) is 0 Å². The molecule has 0 spiro atoms. The maximum absolute atomic E-state index is 13.4. The van der Waals surface area contributed by atoms with Crippen LogP contribution >= 0.6 is 11.6 Å². The summed E-state index contributed by atoms with van der Waals surface area (Å²) in [5.74, 6) is -13.8. The highest BCUT2D eigenvalue weighted by Gasteiger charge is 2.30. The molecule has 2 aromatic carbocycles. The SMILES string of the molecule is O=S(=O)(Oc1c(F)c(F)c(F)c(F)c1F)c1ccc(Cl)cc1. The first-order valence-electron chi connectivity index (χ1n) is 5.36. The highest BCUT2D eigenvalue weighted by atomic mass is 35.5. The van der Waals surface area contributed by atoms with E-state index in [-0.39, 0.29) is 5.02 Å². The van der Waals surface area contributed by atoms with E-state index >= 15 is 0 Å². The van der Waals surface area contributed by atoms with E-state index in [4.69, 9.17) is 11.6 Å². The minimum atomic E-state index is -4.82. The van der Waals surface area contributed by atoms with E-state index in [1.54, 1.807) is 0 Å². The minimum Gasteiger partial charge on any atom is -0.372 e. The summed E-state index contributed by atoms with van der Waals surface area (Å²) < 4.78 is 93.2. The van der Waals surface area contributed by atoms with Crippen molar-refractivity contribution in [3.63, 3.8) is 0 Å². The molecule has 22 heavy (non-hydrogen) atoms. The summed E-state index contributed by atoms with van der Waals surface area (Å²) in [5, 5.41) is 0.162. The molecule has 0 saturated heterocycles. The molecule has 0 fully saturated rings. The van der Waals surface area contributed by atoms with Crippen molar-refractivity contribution in [3.8, 4) is 5.75 Å². The largest absolute Gasteiger partial charge is 0.372 e. The Labute approximate surface area is 126 Å².